The molecule has 3 aromatic rings. The van der Waals surface area contributed by atoms with Crippen LogP contribution in [0.1, 0.15) is 32.6 Å². The second kappa shape index (κ2) is 7.18. The maximum atomic E-state index is 12.2. The van der Waals surface area contributed by atoms with E-state index in [1.54, 1.807) is 0 Å². The average molecular weight is 309 g/mol. The van der Waals surface area contributed by atoms with Gasteiger partial charge in [-0.05, 0) is 36.8 Å². The zero-order chi connectivity index (χ0) is 16.1. The SMILES string of the molecule is CCCCCCn1c(=O)[nH]c2cc(Nc3ccccc3)ccc21. The number of fused-ring (bicyclic) bond motifs is 1. The number of para-hydroxylation sites is 1. The van der Waals surface area contributed by atoms with Gasteiger partial charge in [-0.15, -0.1) is 0 Å². The lowest BCUT2D eigenvalue weighted by atomic mass is 10.2. The van der Waals surface area contributed by atoms with Crippen LogP contribution in [0, 0.1) is 0 Å². The molecule has 0 fully saturated rings. The van der Waals surface area contributed by atoms with E-state index in [0.29, 0.717) is 0 Å². The van der Waals surface area contributed by atoms with E-state index in [1.807, 2.05) is 53.1 Å². The van der Waals surface area contributed by atoms with Gasteiger partial charge in [-0.3, -0.25) is 4.57 Å². The largest absolute Gasteiger partial charge is 0.355 e. The molecule has 2 N–H and O–H groups in total. The Bertz CT molecular complexity index is 817. The van der Waals surface area contributed by atoms with Crippen LogP contribution in [0.3, 0.4) is 0 Å². The van der Waals surface area contributed by atoms with Crippen LogP contribution in [0.5, 0.6) is 0 Å². The number of aromatic amines is 1. The molecule has 0 radical (unpaired) electrons. The first kappa shape index (κ1) is 15.4. The van der Waals surface area contributed by atoms with Gasteiger partial charge >= 0.3 is 5.69 Å². The summed E-state index contributed by atoms with van der Waals surface area (Å²) >= 11 is 0. The van der Waals surface area contributed by atoms with Crippen molar-refractivity contribution in [1.29, 1.82) is 0 Å². The lowest BCUT2D eigenvalue weighted by molar-refractivity contribution is 0.581. The number of aryl methyl sites for hydroxylation is 1. The number of aromatic nitrogens is 2. The van der Waals surface area contributed by atoms with Gasteiger partial charge in [0.2, 0.25) is 0 Å². The summed E-state index contributed by atoms with van der Waals surface area (Å²) in [4.78, 5) is 15.1. The Morgan fingerprint density at radius 2 is 1.83 bits per heavy atom. The lowest BCUT2D eigenvalue weighted by Crippen LogP contribution is -2.16. The molecule has 3 rings (SSSR count). The van der Waals surface area contributed by atoms with Crippen molar-refractivity contribution in [3.8, 4) is 0 Å². The predicted octanol–water partition coefficient (Wildman–Crippen LogP) is 4.65. The smallest absolute Gasteiger partial charge is 0.326 e. The van der Waals surface area contributed by atoms with Crippen molar-refractivity contribution in [2.24, 2.45) is 0 Å². The zero-order valence-corrected chi connectivity index (χ0v) is 13.5. The van der Waals surface area contributed by atoms with Crippen molar-refractivity contribution in [2.45, 2.75) is 39.2 Å². The fraction of sp³-hybridized carbons (Fsp3) is 0.316. The fourth-order valence-electron chi connectivity index (χ4n) is 2.85. The van der Waals surface area contributed by atoms with E-state index in [9.17, 15) is 4.79 Å². The molecule has 0 atom stereocenters. The van der Waals surface area contributed by atoms with Crippen molar-refractivity contribution in [3.63, 3.8) is 0 Å². The van der Waals surface area contributed by atoms with E-state index >= 15 is 0 Å². The average Bonchev–Trinajstić information content (AvgIpc) is 2.87. The molecule has 0 amide bonds. The number of H-pyrrole nitrogens is 1. The standard InChI is InChI=1S/C19H23N3O/c1-2-3-4-8-13-22-18-12-11-16(14-17(18)21-19(22)23)20-15-9-6-5-7-10-15/h5-7,9-12,14,20H,2-4,8,13H2,1H3,(H,21,23). The molecule has 23 heavy (non-hydrogen) atoms. The van der Waals surface area contributed by atoms with Crippen LogP contribution >= 0.6 is 0 Å². The van der Waals surface area contributed by atoms with Gasteiger partial charge in [0.25, 0.3) is 0 Å². The van der Waals surface area contributed by atoms with E-state index in [4.69, 9.17) is 0 Å². The van der Waals surface area contributed by atoms with Crippen LogP contribution < -0.4 is 11.0 Å². The lowest BCUT2D eigenvalue weighted by Gasteiger charge is -2.07. The highest BCUT2D eigenvalue weighted by Crippen LogP contribution is 2.21. The Labute approximate surface area is 136 Å². The Morgan fingerprint density at radius 3 is 2.61 bits per heavy atom. The maximum absolute atomic E-state index is 12.2. The van der Waals surface area contributed by atoms with Crippen molar-refractivity contribution in [3.05, 3.63) is 59.0 Å². The summed E-state index contributed by atoms with van der Waals surface area (Å²) in [5.74, 6) is 0. The number of rotatable bonds is 7. The van der Waals surface area contributed by atoms with Gasteiger partial charge in [-0.1, -0.05) is 44.4 Å². The third-order valence-corrected chi connectivity index (χ3v) is 4.07. The van der Waals surface area contributed by atoms with Gasteiger partial charge in [0.05, 0.1) is 11.0 Å². The molecule has 0 unspecified atom stereocenters. The minimum atomic E-state index is -0.0200. The van der Waals surface area contributed by atoms with Crippen LogP contribution in [0.4, 0.5) is 11.4 Å². The third kappa shape index (κ3) is 3.65. The molecule has 2 aromatic carbocycles. The number of hydrogen-bond acceptors (Lipinski definition) is 2. The minimum Gasteiger partial charge on any atom is -0.355 e. The van der Waals surface area contributed by atoms with E-state index < -0.39 is 0 Å². The molecule has 0 saturated heterocycles. The Morgan fingerprint density at radius 1 is 1.00 bits per heavy atom. The molecule has 0 spiro atoms. The van der Waals surface area contributed by atoms with E-state index in [0.717, 1.165) is 35.4 Å². The monoisotopic (exact) mass is 309 g/mol. The number of benzene rings is 2. The van der Waals surface area contributed by atoms with Gasteiger partial charge in [0, 0.05) is 17.9 Å². The molecule has 0 bridgehead atoms. The first-order valence-corrected chi connectivity index (χ1v) is 8.32. The number of hydrogen-bond donors (Lipinski definition) is 2. The van der Waals surface area contributed by atoms with E-state index in [-0.39, 0.29) is 5.69 Å². The van der Waals surface area contributed by atoms with E-state index in [2.05, 4.69) is 17.2 Å². The molecule has 1 heterocycles. The van der Waals surface area contributed by atoms with Crippen LogP contribution in [-0.2, 0) is 6.54 Å². The van der Waals surface area contributed by atoms with Crippen molar-refractivity contribution in [2.75, 3.05) is 5.32 Å². The van der Waals surface area contributed by atoms with Gasteiger partial charge < -0.3 is 10.3 Å². The van der Waals surface area contributed by atoms with Crippen LogP contribution in [0.2, 0.25) is 0 Å². The van der Waals surface area contributed by atoms with Gasteiger partial charge in [-0.2, -0.15) is 0 Å². The molecule has 4 heteroatoms. The van der Waals surface area contributed by atoms with Crippen molar-refractivity contribution < 1.29 is 0 Å². The second-order valence-electron chi connectivity index (χ2n) is 5.87. The fourth-order valence-corrected chi connectivity index (χ4v) is 2.85. The third-order valence-electron chi connectivity index (χ3n) is 4.07. The van der Waals surface area contributed by atoms with Gasteiger partial charge in [-0.25, -0.2) is 4.79 Å². The van der Waals surface area contributed by atoms with Crippen molar-refractivity contribution in [1.82, 2.24) is 9.55 Å². The summed E-state index contributed by atoms with van der Waals surface area (Å²) in [6.45, 7) is 2.98. The van der Waals surface area contributed by atoms with E-state index in [1.165, 1.54) is 19.3 Å². The summed E-state index contributed by atoms with van der Waals surface area (Å²) < 4.78 is 1.84. The zero-order valence-electron chi connectivity index (χ0n) is 13.5. The molecule has 1 aromatic heterocycles. The molecule has 4 nitrogen and oxygen atoms in total. The van der Waals surface area contributed by atoms with Gasteiger partial charge in [0.1, 0.15) is 0 Å². The minimum absolute atomic E-state index is 0.0200. The van der Waals surface area contributed by atoms with Crippen LogP contribution in [-0.4, -0.2) is 9.55 Å². The first-order valence-electron chi connectivity index (χ1n) is 8.32. The number of nitrogens with one attached hydrogen (secondary N) is 2. The molecule has 0 saturated carbocycles. The van der Waals surface area contributed by atoms with Crippen LogP contribution in [0.25, 0.3) is 11.0 Å². The molecule has 120 valence electrons. The highest BCUT2D eigenvalue weighted by molar-refractivity contribution is 5.80. The molecule has 0 aliphatic carbocycles. The molecular formula is C19H23N3O. The normalized spacial score (nSPS) is 11.0. The van der Waals surface area contributed by atoms with Gasteiger partial charge in [0.15, 0.2) is 0 Å². The number of imidazole rings is 1. The summed E-state index contributed by atoms with van der Waals surface area (Å²) in [7, 11) is 0. The summed E-state index contributed by atoms with van der Waals surface area (Å²) in [6.07, 6.45) is 4.65. The summed E-state index contributed by atoms with van der Waals surface area (Å²) in [5.41, 5.74) is 3.85. The molecular weight excluding hydrogens is 286 g/mol. The van der Waals surface area contributed by atoms with Crippen molar-refractivity contribution >= 4 is 22.4 Å². The Kier molecular flexibility index (Phi) is 4.81. The molecule has 0 aliphatic rings. The highest BCUT2D eigenvalue weighted by atomic mass is 16.1. The van der Waals surface area contributed by atoms with Crippen LogP contribution in [0.15, 0.2) is 53.3 Å². The number of unbranched alkanes of at least 4 members (excludes halogenated alkanes) is 3. The number of nitrogens with zero attached hydrogens (tertiary/aromatic N) is 1. The maximum Gasteiger partial charge on any atom is 0.326 e. The molecule has 0 aliphatic heterocycles. The first-order chi connectivity index (χ1) is 11.3. The predicted molar refractivity (Wildman–Crippen MR) is 96.4 cm³/mol. The summed E-state index contributed by atoms with van der Waals surface area (Å²) in [6, 6.07) is 16.0. The number of anilines is 2. The second-order valence-corrected chi connectivity index (χ2v) is 5.87. The Balaban J connectivity index is 1.80. The highest BCUT2D eigenvalue weighted by Gasteiger charge is 2.07. The Hall–Kier alpha value is -2.49. The quantitative estimate of drug-likeness (QED) is 0.624. The topological polar surface area (TPSA) is 49.8 Å². The summed E-state index contributed by atoms with van der Waals surface area (Å²) in [5, 5.41) is 3.35.